The molecule has 2 rings (SSSR count). The number of hydrogen-bond acceptors (Lipinski definition) is 3. The Morgan fingerprint density at radius 3 is 2.63 bits per heavy atom. The maximum absolute atomic E-state index is 6.27. The zero-order chi connectivity index (χ0) is 13.8. The Bertz CT molecular complexity index is 405. The highest BCUT2D eigenvalue weighted by Gasteiger charge is 2.20. The first-order valence-electron chi connectivity index (χ1n) is 7.66. The van der Waals surface area contributed by atoms with E-state index in [1.807, 2.05) is 11.7 Å². The SMILES string of the molecule is CCCc1nn(C)c(N(C)CC2CCCCC2)c1N. The number of hydrogen-bond donors (Lipinski definition) is 1. The van der Waals surface area contributed by atoms with Gasteiger partial charge in [0.25, 0.3) is 0 Å². The van der Waals surface area contributed by atoms with Crippen LogP contribution in [0.1, 0.15) is 51.1 Å². The summed E-state index contributed by atoms with van der Waals surface area (Å²) in [5.74, 6) is 1.91. The highest BCUT2D eigenvalue weighted by Crippen LogP contribution is 2.30. The minimum Gasteiger partial charge on any atom is -0.394 e. The van der Waals surface area contributed by atoms with Gasteiger partial charge in [0.05, 0.1) is 11.4 Å². The molecule has 1 fully saturated rings. The topological polar surface area (TPSA) is 47.1 Å². The largest absolute Gasteiger partial charge is 0.394 e. The summed E-state index contributed by atoms with van der Waals surface area (Å²) in [7, 11) is 4.15. The summed E-state index contributed by atoms with van der Waals surface area (Å²) in [6.45, 7) is 3.27. The predicted molar refractivity (Wildman–Crippen MR) is 81.5 cm³/mol. The molecule has 0 amide bonds. The molecule has 0 aliphatic heterocycles. The minimum atomic E-state index is 0.822. The maximum atomic E-state index is 6.27. The van der Waals surface area contributed by atoms with E-state index >= 15 is 0 Å². The minimum absolute atomic E-state index is 0.822. The Kier molecular flexibility index (Phi) is 4.72. The third-order valence-corrected chi connectivity index (χ3v) is 4.23. The maximum Gasteiger partial charge on any atom is 0.150 e. The lowest BCUT2D eigenvalue weighted by Gasteiger charge is -2.28. The quantitative estimate of drug-likeness (QED) is 0.889. The summed E-state index contributed by atoms with van der Waals surface area (Å²) < 4.78 is 1.95. The van der Waals surface area contributed by atoms with E-state index in [9.17, 15) is 0 Å². The summed E-state index contributed by atoms with van der Waals surface area (Å²) in [6, 6.07) is 0. The Morgan fingerprint density at radius 2 is 2.00 bits per heavy atom. The fourth-order valence-corrected chi connectivity index (χ4v) is 3.30. The van der Waals surface area contributed by atoms with Crippen LogP contribution >= 0.6 is 0 Å². The van der Waals surface area contributed by atoms with Crippen molar-refractivity contribution in [2.45, 2.75) is 51.9 Å². The molecule has 0 unspecified atom stereocenters. The molecule has 1 heterocycles. The van der Waals surface area contributed by atoms with Crippen LogP contribution in [0.25, 0.3) is 0 Å². The Labute approximate surface area is 117 Å². The summed E-state index contributed by atoms with van der Waals surface area (Å²) in [4.78, 5) is 2.30. The second-order valence-corrected chi connectivity index (χ2v) is 5.94. The number of nitrogens with zero attached hydrogens (tertiary/aromatic N) is 3. The second-order valence-electron chi connectivity index (χ2n) is 5.94. The highest BCUT2D eigenvalue weighted by atomic mass is 15.4. The van der Waals surface area contributed by atoms with Crippen LogP contribution in [-0.2, 0) is 13.5 Å². The Morgan fingerprint density at radius 1 is 1.32 bits per heavy atom. The Hall–Kier alpha value is -1.19. The summed E-state index contributed by atoms with van der Waals surface area (Å²) in [5, 5.41) is 4.56. The van der Waals surface area contributed by atoms with Crippen molar-refractivity contribution >= 4 is 11.5 Å². The average Bonchev–Trinajstić information content (AvgIpc) is 2.66. The molecule has 0 spiro atoms. The molecule has 0 radical (unpaired) electrons. The lowest BCUT2D eigenvalue weighted by molar-refractivity contribution is 0.361. The van der Waals surface area contributed by atoms with Gasteiger partial charge in [-0.05, 0) is 25.2 Å². The van der Waals surface area contributed by atoms with Gasteiger partial charge >= 0.3 is 0 Å². The number of rotatable bonds is 5. The summed E-state index contributed by atoms with van der Waals surface area (Å²) in [6.07, 6.45) is 8.98. The molecular weight excluding hydrogens is 236 g/mol. The zero-order valence-electron chi connectivity index (χ0n) is 12.7. The molecule has 1 saturated carbocycles. The third-order valence-electron chi connectivity index (χ3n) is 4.23. The molecule has 1 aromatic rings. The average molecular weight is 264 g/mol. The number of aromatic nitrogens is 2. The van der Waals surface area contributed by atoms with Crippen LogP contribution in [0, 0.1) is 5.92 Å². The lowest BCUT2D eigenvalue weighted by atomic mass is 9.89. The van der Waals surface area contributed by atoms with Gasteiger partial charge in [0.1, 0.15) is 5.82 Å². The van der Waals surface area contributed by atoms with Crippen LogP contribution in [0.3, 0.4) is 0 Å². The van der Waals surface area contributed by atoms with Crippen molar-refractivity contribution in [2.75, 3.05) is 24.2 Å². The first kappa shape index (κ1) is 14.2. The van der Waals surface area contributed by atoms with E-state index in [0.717, 1.165) is 42.5 Å². The normalized spacial score (nSPS) is 16.8. The van der Waals surface area contributed by atoms with Crippen molar-refractivity contribution < 1.29 is 0 Å². The standard InChI is InChI=1S/C15H28N4/c1-4-8-13-14(16)15(19(3)17-13)18(2)11-12-9-6-5-7-10-12/h12H,4-11,16H2,1-3H3. The third kappa shape index (κ3) is 3.23. The van der Waals surface area contributed by atoms with Gasteiger partial charge in [0, 0.05) is 20.6 Å². The van der Waals surface area contributed by atoms with Crippen LogP contribution in [0.5, 0.6) is 0 Å². The van der Waals surface area contributed by atoms with Crippen LogP contribution in [-0.4, -0.2) is 23.4 Å². The molecule has 1 aliphatic carbocycles. The molecule has 1 aromatic heterocycles. The van der Waals surface area contributed by atoms with E-state index in [1.54, 1.807) is 0 Å². The van der Waals surface area contributed by atoms with Crippen LogP contribution in [0.15, 0.2) is 0 Å². The molecule has 0 aromatic carbocycles. The van der Waals surface area contributed by atoms with Crippen molar-refractivity contribution in [3.05, 3.63) is 5.69 Å². The Balaban J connectivity index is 2.07. The molecule has 0 bridgehead atoms. The van der Waals surface area contributed by atoms with Crippen molar-refractivity contribution in [1.29, 1.82) is 0 Å². The molecule has 19 heavy (non-hydrogen) atoms. The van der Waals surface area contributed by atoms with Crippen molar-refractivity contribution in [2.24, 2.45) is 13.0 Å². The van der Waals surface area contributed by atoms with Gasteiger partial charge in [0.2, 0.25) is 0 Å². The van der Waals surface area contributed by atoms with Gasteiger partial charge in [-0.15, -0.1) is 0 Å². The first-order valence-corrected chi connectivity index (χ1v) is 7.66. The van der Waals surface area contributed by atoms with Gasteiger partial charge < -0.3 is 10.6 Å². The van der Waals surface area contributed by atoms with Gasteiger partial charge in [0.15, 0.2) is 0 Å². The molecular formula is C15H28N4. The lowest BCUT2D eigenvalue weighted by Crippen LogP contribution is -2.28. The van der Waals surface area contributed by atoms with E-state index in [2.05, 4.69) is 24.0 Å². The number of anilines is 2. The number of nitrogens with two attached hydrogens (primary N) is 1. The van der Waals surface area contributed by atoms with E-state index in [1.165, 1.54) is 32.1 Å². The van der Waals surface area contributed by atoms with E-state index in [0.29, 0.717) is 0 Å². The van der Waals surface area contributed by atoms with E-state index in [-0.39, 0.29) is 0 Å². The van der Waals surface area contributed by atoms with Crippen molar-refractivity contribution in [3.8, 4) is 0 Å². The first-order chi connectivity index (χ1) is 9.13. The van der Waals surface area contributed by atoms with Gasteiger partial charge in [-0.1, -0.05) is 32.6 Å². The molecule has 4 heteroatoms. The van der Waals surface area contributed by atoms with Gasteiger partial charge in [-0.25, -0.2) is 0 Å². The molecule has 4 nitrogen and oxygen atoms in total. The fourth-order valence-electron chi connectivity index (χ4n) is 3.30. The molecule has 1 aliphatic rings. The monoisotopic (exact) mass is 264 g/mol. The van der Waals surface area contributed by atoms with Crippen molar-refractivity contribution in [3.63, 3.8) is 0 Å². The fraction of sp³-hybridized carbons (Fsp3) is 0.800. The van der Waals surface area contributed by atoms with Crippen LogP contribution in [0.4, 0.5) is 11.5 Å². The van der Waals surface area contributed by atoms with Crippen LogP contribution in [0.2, 0.25) is 0 Å². The van der Waals surface area contributed by atoms with E-state index < -0.39 is 0 Å². The van der Waals surface area contributed by atoms with E-state index in [4.69, 9.17) is 5.73 Å². The molecule has 0 atom stereocenters. The highest BCUT2D eigenvalue weighted by molar-refractivity contribution is 5.66. The smallest absolute Gasteiger partial charge is 0.150 e. The summed E-state index contributed by atoms with van der Waals surface area (Å²) >= 11 is 0. The molecule has 0 saturated heterocycles. The van der Waals surface area contributed by atoms with Crippen molar-refractivity contribution in [1.82, 2.24) is 9.78 Å². The second kappa shape index (κ2) is 6.31. The number of aryl methyl sites for hydroxylation is 2. The summed E-state index contributed by atoms with van der Waals surface area (Å²) in [5.41, 5.74) is 8.20. The van der Waals surface area contributed by atoms with Gasteiger partial charge in [-0.3, -0.25) is 4.68 Å². The number of nitrogen functional groups attached to an aromatic ring is 1. The predicted octanol–water partition coefficient (Wildman–Crippen LogP) is 2.97. The molecule has 108 valence electrons. The molecule has 2 N–H and O–H groups in total. The zero-order valence-corrected chi connectivity index (χ0v) is 12.7. The van der Waals surface area contributed by atoms with Crippen LogP contribution < -0.4 is 10.6 Å². The van der Waals surface area contributed by atoms with Gasteiger partial charge in [-0.2, -0.15) is 5.10 Å².